The molecule has 0 unspecified atom stereocenters. The van der Waals surface area contributed by atoms with Gasteiger partial charge in [0.1, 0.15) is 0 Å². The van der Waals surface area contributed by atoms with Crippen LogP contribution in [0.25, 0.3) is 0 Å². The number of benzene rings is 1. The Morgan fingerprint density at radius 1 is 1.22 bits per heavy atom. The van der Waals surface area contributed by atoms with Crippen molar-refractivity contribution in [3.63, 3.8) is 0 Å². The standard InChI is InChI=1S/C18H24N4O/c1-14-8-10-16(11-9-14)21(2)18(23)17-13-22(20-19-17)12-15-6-4-3-5-7-15/h3-7,13-14,16H,8-12H2,1-2H3. The van der Waals surface area contributed by atoms with Crippen LogP contribution in [0.15, 0.2) is 36.5 Å². The molecule has 1 aliphatic rings. The van der Waals surface area contributed by atoms with Gasteiger partial charge in [0.15, 0.2) is 5.69 Å². The van der Waals surface area contributed by atoms with Crippen molar-refractivity contribution in [1.29, 1.82) is 0 Å². The molecule has 5 nitrogen and oxygen atoms in total. The normalized spacial score (nSPS) is 21.1. The zero-order chi connectivity index (χ0) is 16.2. The molecule has 0 spiro atoms. The van der Waals surface area contributed by atoms with Gasteiger partial charge in [-0.3, -0.25) is 4.79 Å². The third-order valence-corrected chi connectivity index (χ3v) is 4.80. The van der Waals surface area contributed by atoms with Gasteiger partial charge in [0.2, 0.25) is 0 Å². The highest BCUT2D eigenvalue weighted by molar-refractivity contribution is 5.91. The molecule has 3 rings (SSSR count). The van der Waals surface area contributed by atoms with E-state index in [1.165, 1.54) is 12.8 Å². The van der Waals surface area contributed by atoms with Crippen LogP contribution in [0.4, 0.5) is 0 Å². The first-order chi connectivity index (χ1) is 11.1. The first-order valence-electron chi connectivity index (χ1n) is 8.34. The van der Waals surface area contributed by atoms with E-state index in [1.54, 1.807) is 10.9 Å². The van der Waals surface area contributed by atoms with E-state index < -0.39 is 0 Å². The number of amides is 1. The molecule has 1 saturated carbocycles. The van der Waals surface area contributed by atoms with Crippen molar-refractivity contribution in [1.82, 2.24) is 19.9 Å². The number of carbonyl (C=O) groups excluding carboxylic acids is 1. The summed E-state index contributed by atoms with van der Waals surface area (Å²) in [5, 5.41) is 8.16. The quantitative estimate of drug-likeness (QED) is 0.872. The maximum absolute atomic E-state index is 12.6. The largest absolute Gasteiger partial charge is 0.337 e. The maximum atomic E-state index is 12.6. The predicted octanol–water partition coefficient (Wildman–Crippen LogP) is 2.98. The van der Waals surface area contributed by atoms with Gasteiger partial charge in [-0.25, -0.2) is 4.68 Å². The Morgan fingerprint density at radius 2 is 1.91 bits per heavy atom. The first-order valence-corrected chi connectivity index (χ1v) is 8.34. The van der Waals surface area contributed by atoms with Gasteiger partial charge in [-0.1, -0.05) is 42.5 Å². The summed E-state index contributed by atoms with van der Waals surface area (Å²) in [7, 11) is 1.89. The third kappa shape index (κ3) is 3.78. The number of hydrogen-bond acceptors (Lipinski definition) is 3. The van der Waals surface area contributed by atoms with Crippen LogP contribution in [-0.2, 0) is 6.54 Å². The lowest BCUT2D eigenvalue weighted by molar-refractivity contribution is 0.0673. The van der Waals surface area contributed by atoms with Crippen molar-refractivity contribution in [2.75, 3.05) is 7.05 Å². The summed E-state index contributed by atoms with van der Waals surface area (Å²) in [6.45, 7) is 2.92. The molecule has 1 aromatic carbocycles. The number of hydrogen-bond donors (Lipinski definition) is 0. The molecule has 0 saturated heterocycles. The molecule has 0 radical (unpaired) electrons. The molecule has 1 aromatic heterocycles. The van der Waals surface area contributed by atoms with Gasteiger partial charge >= 0.3 is 0 Å². The van der Waals surface area contributed by atoms with Crippen molar-refractivity contribution < 1.29 is 4.79 Å². The van der Waals surface area contributed by atoms with E-state index in [4.69, 9.17) is 0 Å². The van der Waals surface area contributed by atoms with Gasteiger partial charge < -0.3 is 4.90 Å². The molecule has 1 fully saturated rings. The Morgan fingerprint density at radius 3 is 2.61 bits per heavy atom. The average Bonchev–Trinajstić information content (AvgIpc) is 3.03. The van der Waals surface area contributed by atoms with Crippen LogP contribution in [0.1, 0.15) is 48.7 Å². The maximum Gasteiger partial charge on any atom is 0.276 e. The van der Waals surface area contributed by atoms with E-state index in [9.17, 15) is 4.79 Å². The van der Waals surface area contributed by atoms with Gasteiger partial charge in [0.05, 0.1) is 12.7 Å². The zero-order valence-corrected chi connectivity index (χ0v) is 13.9. The summed E-state index contributed by atoms with van der Waals surface area (Å²) in [5.74, 6) is 0.755. The van der Waals surface area contributed by atoms with Crippen molar-refractivity contribution in [3.8, 4) is 0 Å². The Hall–Kier alpha value is -2.17. The predicted molar refractivity (Wildman–Crippen MR) is 89.1 cm³/mol. The fourth-order valence-electron chi connectivity index (χ4n) is 3.22. The van der Waals surface area contributed by atoms with Crippen LogP contribution < -0.4 is 0 Å². The molecule has 23 heavy (non-hydrogen) atoms. The highest BCUT2D eigenvalue weighted by Gasteiger charge is 2.26. The van der Waals surface area contributed by atoms with E-state index in [1.807, 2.05) is 42.3 Å². The molecule has 1 amide bonds. The Balaban J connectivity index is 1.64. The molecule has 0 aliphatic heterocycles. The smallest absolute Gasteiger partial charge is 0.276 e. The van der Waals surface area contributed by atoms with E-state index in [-0.39, 0.29) is 5.91 Å². The van der Waals surface area contributed by atoms with Crippen molar-refractivity contribution in [2.24, 2.45) is 5.92 Å². The van der Waals surface area contributed by atoms with Gasteiger partial charge in [-0.2, -0.15) is 0 Å². The fraction of sp³-hybridized carbons (Fsp3) is 0.500. The lowest BCUT2D eigenvalue weighted by Gasteiger charge is -2.33. The summed E-state index contributed by atoms with van der Waals surface area (Å²) in [4.78, 5) is 14.5. The molecular formula is C18H24N4O. The van der Waals surface area contributed by atoms with Crippen LogP contribution in [0.5, 0.6) is 0 Å². The van der Waals surface area contributed by atoms with Gasteiger partial charge in [-0.05, 0) is 37.2 Å². The topological polar surface area (TPSA) is 51.0 Å². The summed E-state index contributed by atoms with van der Waals surface area (Å²) < 4.78 is 1.72. The number of carbonyl (C=O) groups is 1. The molecule has 0 bridgehead atoms. The van der Waals surface area contributed by atoms with E-state index >= 15 is 0 Å². The second-order valence-corrected chi connectivity index (χ2v) is 6.62. The van der Waals surface area contributed by atoms with Crippen molar-refractivity contribution in [3.05, 3.63) is 47.8 Å². The lowest BCUT2D eigenvalue weighted by Crippen LogP contribution is -2.39. The summed E-state index contributed by atoms with van der Waals surface area (Å²) in [5.41, 5.74) is 1.58. The Labute approximate surface area is 137 Å². The monoisotopic (exact) mass is 312 g/mol. The van der Waals surface area contributed by atoms with Gasteiger partial charge in [-0.15, -0.1) is 5.10 Å². The SMILES string of the molecule is CC1CCC(N(C)C(=O)c2cn(Cc3ccccc3)nn2)CC1. The molecule has 122 valence electrons. The van der Waals surface area contributed by atoms with Crippen LogP contribution in [-0.4, -0.2) is 38.9 Å². The van der Waals surface area contributed by atoms with Crippen LogP contribution >= 0.6 is 0 Å². The Bertz CT molecular complexity index is 644. The van der Waals surface area contributed by atoms with Crippen LogP contribution in [0.3, 0.4) is 0 Å². The number of aromatic nitrogens is 3. The minimum atomic E-state index is -0.0242. The minimum absolute atomic E-state index is 0.0242. The van der Waals surface area contributed by atoms with Crippen molar-refractivity contribution in [2.45, 2.75) is 45.2 Å². The molecule has 5 heteroatoms. The molecule has 2 aromatic rings. The molecule has 1 aliphatic carbocycles. The zero-order valence-electron chi connectivity index (χ0n) is 13.9. The lowest BCUT2D eigenvalue weighted by atomic mass is 9.86. The highest BCUT2D eigenvalue weighted by atomic mass is 16.2. The number of nitrogens with zero attached hydrogens (tertiary/aromatic N) is 4. The first kappa shape index (κ1) is 15.7. The van der Waals surface area contributed by atoms with Gasteiger partial charge in [0, 0.05) is 13.1 Å². The van der Waals surface area contributed by atoms with Crippen LogP contribution in [0.2, 0.25) is 0 Å². The molecule has 1 heterocycles. The van der Waals surface area contributed by atoms with E-state index in [2.05, 4.69) is 17.2 Å². The molecule has 0 atom stereocenters. The summed E-state index contributed by atoms with van der Waals surface area (Å²) >= 11 is 0. The van der Waals surface area contributed by atoms with E-state index in [0.717, 1.165) is 24.3 Å². The second kappa shape index (κ2) is 6.94. The molecule has 0 N–H and O–H groups in total. The summed E-state index contributed by atoms with van der Waals surface area (Å²) in [6.07, 6.45) is 6.31. The minimum Gasteiger partial charge on any atom is -0.337 e. The summed E-state index contributed by atoms with van der Waals surface area (Å²) in [6, 6.07) is 10.4. The fourth-order valence-corrected chi connectivity index (χ4v) is 3.22. The Kier molecular flexibility index (Phi) is 4.74. The molecular weight excluding hydrogens is 288 g/mol. The third-order valence-electron chi connectivity index (χ3n) is 4.80. The van der Waals surface area contributed by atoms with Crippen molar-refractivity contribution >= 4 is 5.91 Å². The number of rotatable bonds is 4. The van der Waals surface area contributed by atoms with Crippen LogP contribution in [0, 0.1) is 5.92 Å². The van der Waals surface area contributed by atoms with Gasteiger partial charge in [0.25, 0.3) is 5.91 Å². The highest BCUT2D eigenvalue weighted by Crippen LogP contribution is 2.27. The second-order valence-electron chi connectivity index (χ2n) is 6.62. The van der Waals surface area contributed by atoms with E-state index in [0.29, 0.717) is 18.3 Å². The average molecular weight is 312 g/mol.